The molecule has 1 saturated carbocycles. The van der Waals surface area contributed by atoms with E-state index in [2.05, 4.69) is 48.0 Å². The Morgan fingerprint density at radius 2 is 2.26 bits per heavy atom. The third kappa shape index (κ3) is 3.38. The predicted molar refractivity (Wildman–Crippen MR) is 80.1 cm³/mol. The Hall–Kier alpha value is -0.830. The lowest BCUT2D eigenvalue weighted by Gasteiger charge is -2.16. The number of hydrogen-bond acceptors (Lipinski definition) is 2. The fraction of sp³-hybridized carbons (Fsp3) is 0.562. The molecule has 0 saturated heterocycles. The lowest BCUT2D eigenvalue weighted by Crippen LogP contribution is -2.06. The van der Waals surface area contributed by atoms with Crippen molar-refractivity contribution in [3.8, 4) is 0 Å². The molecule has 1 aliphatic rings. The van der Waals surface area contributed by atoms with E-state index in [0.29, 0.717) is 11.8 Å². The molecule has 0 aliphatic heterocycles. The smallest absolute Gasteiger partial charge is 0.308 e. The highest BCUT2D eigenvalue weighted by atomic mass is 79.9. The van der Waals surface area contributed by atoms with Crippen molar-refractivity contribution in [2.24, 2.45) is 11.8 Å². The van der Waals surface area contributed by atoms with Gasteiger partial charge in [0.25, 0.3) is 0 Å². The molecule has 0 N–H and O–H groups in total. The number of carbonyl (C=O) groups excluding carboxylic acids is 1. The fourth-order valence-corrected chi connectivity index (χ4v) is 3.02. The highest BCUT2D eigenvalue weighted by Crippen LogP contribution is 2.46. The summed E-state index contributed by atoms with van der Waals surface area (Å²) >= 11 is 3.54. The Kier molecular flexibility index (Phi) is 4.67. The van der Waals surface area contributed by atoms with Gasteiger partial charge in [-0.15, -0.1) is 0 Å². The Morgan fingerprint density at radius 1 is 1.53 bits per heavy atom. The molecule has 0 radical (unpaired) electrons. The first-order chi connectivity index (χ1) is 9.06. The third-order valence-electron chi connectivity index (χ3n) is 4.16. The molecular formula is C16H21BrO2. The van der Waals surface area contributed by atoms with Gasteiger partial charge in [-0.25, -0.2) is 0 Å². The molecule has 1 aromatic rings. The van der Waals surface area contributed by atoms with Crippen molar-refractivity contribution in [2.75, 3.05) is 7.11 Å². The first-order valence-electron chi connectivity index (χ1n) is 6.90. The number of ether oxygens (including phenoxy) is 1. The summed E-state index contributed by atoms with van der Waals surface area (Å²) < 4.78 is 5.97. The van der Waals surface area contributed by atoms with E-state index in [1.807, 2.05) is 0 Å². The van der Waals surface area contributed by atoms with Crippen molar-refractivity contribution in [3.63, 3.8) is 0 Å². The van der Waals surface area contributed by atoms with Crippen molar-refractivity contribution in [2.45, 2.75) is 39.0 Å². The van der Waals surface area contributed by atoms with Gasteiger partial charge >= 0.3 is 5.97 Å². The standard InChI is InChI=1S/C16H21BrO2/c1-4-11(8-13-9-14(13)16(18)19-3)12-5-6-15(17)10(2)7-12/h5-7,11,13-14H,4,8-9H2,1-3H3. The molecule has 1 aromatic carbocycles. The number of methoxy groups -OCH3 is 1. The minimum Gasteiger partial charge on any atom is -0.469 e. The second-order valence-electron chi connectivity index (χ2n) is 5.47. The maximum absolute atomic E-state index is 11.5. The van der Waals surface area contributed by atoms with Gasteiger partial charge in [-0.2, -0.15) is 0 Å². The molecule has 0 amide bonds. The average molecular weight is 325 g/mol. The molecular weight excluding hydrogens is 304 g/mol. The lowest BCUT2D eigenvalue weighted by molar-refractivity contribution is -0.142. The van der Waals surface area contributed by atoms with Crippen LogP contribution in [0.4, 0.5) is 0 Å². The topological polar surface area (TPSA) is 26.3 Å². The summed E-state index contributed by atoms with van der Waals surface area (Å²) in [4.78, 5) is 11.5. The largest absolute Gasteiger partial charge is 0.469 e. The highest BCUT2D eigenvalue weighted by molar-refractivity contribution is 9.10. The van der Waals surface area contributed by atoms with Crippen LogP contribution < -0.4 is 0 Å². The summed E-state index contributed by atoms with van der Waals surface area (Å²) in [5, 5.41) is 0. The molecule has 19 heavy (non-hydrogen) atoms. The van der Waals surface area contributed by atoms with Crippen LogP contribution in [0.3, 0.4) is 0 Å². The van der Waals surface area contributed by atoms with Crippen LogP contribution in [0.1, 0.15) is 43.2 Å². The summed E-state index contributed by atoms with van der Waals surface area (Å²) in [5.41, 5.74) is 2.66. The van der Waals surface area contributed by atoms with Gasteiger partial charge in [-0.1, -0.05) is 35.0 Å². The van der Waals surface area contributed by atoms with E-state index in [-0.39, 0.29) is 11.9 Å². The highest BCUT2D eigenvalue weighted by Gasteiger charge is 2.44. The summed E-state index contributed by atoms with van der Waals surface area (Å²) in [5.74, 6) is 1.18. The van der Waals surface area contributed by atoms with Crippen LogP contribution in [0.2, 0.25) is 0 Å². The number of esters is 1. The first-order valence-corrected chi connectivity index (χ1v) is 7.70. The second kappa shape index (κ2) is 6.08. The summed E-state index contributed by atoms with van der Waals surface area (Å²) in [7, 11) is 1.48. The van der Waals surface area contributed by atoms with Crippen molar-refractivity contribution >= 4 is 21.9 Å². The van der Waals surface area contributed by atoms with Gasteiger partial charge in [-0.3, -0.25) is 4.79 Å². The van der Waals surface area contributed by atoms with Gasteiger partial charge in [0, 0.05) is 4.47 Å². The SMILES string of the molecule is CCC(CC1CC1C(=O)OC)c1ccc(Br)c(C)c1. The predicted octanol–water partition coefficient (Wildman–Crippen LogP) is 4.45. The van der Waals surface area contributed by atoms with Crippen molar-refractivity contribution < 1.29 is 9.53 Å². The zero-order valence-electron chi connectivity index (χ0n) is 11.8. The molecule has 3 atom stereocenters. The quantitative estimate of drug-likeness (QED) is 0.748. The number of benzene rings is 1. The van der Waals surface area contributed by atoms with Crippen LogP contribution in [0.5, 0.6) is 0 Å². The molecule has 3 unspecified atom stereocenters. The monoisotopic (exact) mass is 324 g/mol. The number of halogens is 1. The van der Waals surface area contributed by atoms with Gasteiger partial charge in [0.2, 0.25) is 0 Å². The van der Waals surface area contributed by atoms with Gasteiger partial charge in [0.05, 0.1) is 13.0 Å². The normalized spacial score (nSPS) is 22.9. The minimum absolute atomic E-state index is 0.0353. The van der Waals surface area contributed by atoms with Crippen LogP contribution in [0, 0.1) is 18.8 Å². The van der Waals surface area contributed by atoms with Crippen LogP contribution in [-0.2, 0) is 9.53 Å². The number of aryl methyl sites for hydroxylation is 1. The summed E-state index contributed by atoms with van der Waals surface area (Å²) in [6, 6.07) is 6.58. The average Bonchev–Trinajstić information content (AvgIpc) is 3.17. The molecule has 3 heteroatoms. The summed E-state index contributed by atoms with van der Waals surface area (Å²) in [6.07, 6.45) is 3.21. The van der Waals surface area contributed by atoms with Gasteiger partial charge in [0.15, 0.2) is 0 Å². The van der Waals surface area contributed by atoms with E-state index in [1.165, 1.54) is 18.2 Å². The van der Waals surface area contributed by atoms with E-state index in [1.54, 1.807) is 0 Å². The van der Waals surface area contributed by atoms with Gasteiger partial charge < -0.3 is 4.74 Å². The zero-order valence-corrected chi connectivity index (χ0v) is 13.4. The van der Waals surface area contributed by atoms with Gasteiger partial charge in [-0.05, 0) is 55.2 Å². The third-order valence-corrected chi connectivity index (χ3v) is 5.05. The maximum atomic E-state index is 11.5. The Labute approximate surface area is 123 Å². The number of hydrogen-bond donors (Lipinski definition) is 0. The maximum Gasteiger partial charge on any atom is 0.308 e. The van der Waals surface area contributed by atoms with E-state index in [4.69, 9.17) is 4.74 Å². The molecule has 104 valence electrons. The Balaban J connectivity index is 2.01. The van der Waals surface area contributed by atoms with E-state index < -0.39 is 0 Å². The molecule has 1 aliphatic carbocycles. The summed E-state index contributed by atoms with van der Waals surface area (Å²) in [6.45, 7) is 4.34. The number of carbonyl (C=O) groups is 1. The van der Waals surface area contributed by atoms with E-state index >= 15 is 0 Å². The molecule has 2 nitrogen and oxygen atoms in total. The zero-order chi connectivity index (χ0) is 14.0. The van der Waals surface area contributed by atoms with Crippen molar-refractivity contribution in [1.82, 2.24) is 0 Å². The first kappa shape index (κ1) is 14.6. The van der Waals surface area contributed by atoms with Crippen LogP contribution >= 0.6 is 15.9 Å². The lowest BCUT2D eigenvalue weighted by atomic mass is 9.90. The molecule has 0 bridgehead atoms. The molecule has 0 heterocycles. The Bertz CT molecular complexity index is 470. The number of rotatable bonds is 5. The molecule has 1 fully saturated rings. The molecule has 0 spiro atoms. The molecule has 2 rings (SSSR count). The van der Waals surface area contributed by atoms with Crippen molar-refractivity contribution in [3.05, 3.63) is 33.8 Å². The van der Waals surface area contributed by atoms with Crippen molar-refractivity contribution in [1.29, 1.82) is 0 Å². The molecule has 0 aromatic heterocycles. The Morgan fingerprint density at radius 3 is 2.84 bits per heavy atom. The van der Waals surface area contributed by atoms with Crippen LogP contribution in [0.25, 0.3) is 0 Å². The van der Waals surface area contributed by atoms with Crippen LogP contribution in [-0.4, -0.2) is 13.1 Å². The second-order valence-corrected chi connectivity index (χ2v) is 6.33. The van der Waals surface area contributed by atoms with E-state index in [0.717, 1.165) is 23.7 Å². The van der Waals surface area contributed by atoms with Gasteiger partial charge in [0.1, 0.15) is 0 Å². The van der Waals surface area contributed by atoms with E-state index in [9.17, 15) is 4.79 Å². The van der Waals surface area contributed by atoms with Crippen LogP contribution in [0.15, 0.2) is 22.7 Å². The fourth-order valence-electron chi connectivity index (χ4n) is 2.77. The minimum atomic E-state index is -0.0353.